The maximum Gasteiger partial charge on any atom is 0.354 e. The van der Waals surface area contributed by atoms with E-state index in [-0.39, 0.29) is 16.4 Å². The second kappa shape index (κ2) is 7.38. The van der Waals surface area contributed by atoms with E-state index in [0.717, 1.165) is 10.5 Å². The fourth-order valence-corrected chi connectivity index (χ4v) is 3.82. The SMILES string of the molecule is CC(C)c1ccccc1Sc1c(O)cc(-c2ccccc2Cl)oc1=O. The van der Waals surface area contributed by atoms with Crippen molar-refractivity contribution in [2.24, 2.45) is 0 Å². The zero-order valence-electron chi connectivity index (χ0n) is 13.8. The highest BCUT2D eigenvalue weighted by molar-refractivity contribution is 7.99. The Balaban J connectivity index is 2.03. The summed E-state index contributed by atoms with van der Waals surface area (Å²) in [5.74, 6) is 0.435. The van der Waals surface area contributed by atoms with E-state index in [2.05, 4.69) is 13.8 Å². The molecule has 3 nitrogen and oxygen atoms in total. The van der Waals surface area contributed by atoms with Crippen LogP contribution in [0.15, 0.2) is 73.6 Å². The van der Waals surface area contributed by atoms with E-state index in [9.17, 15) is 9.90 Å². The van der Waals surface area contributed by atoms with E-state index in [4.69, 9.17) is 16.0 Å². The van der Waals surface area contributed by atoms with Crippen molar-refractivity contribution in [2.75, 3.05) is 0 Å². The predicted molar refractivity (Wildman–Crippen MR) is 102 cm³/mol. The number of aromatic hydroxyl groups is 1. The zero-order chi connectivity index (χ0) is 18.0. The molecule has 0 aliphatic heterocycles. The van der Waals surface area contributed by atoms with Crippen LogP contribution in [-0.4, -0.2) is 5.11 Å². The van der Waals surface area contributed by atoms with Crippen molar-refractivity contribution in [3.63, 3.8) is 0 Å². The minimum absolute atomic E-state index is 0.116. The topological polar surface area (TPSA) is 50.4 Å². The highest BCUT2D eigenvalue weighted by atomic mass is 35.5. The van der Waals surface area contributed by atoms with Crippen LogP contribution in [0.2, 0.25) is 5.02 Å². The zero-order valence-corrected chi connectivity index (χ0v) is 15.4. The maximum absolute atomic E-state index is 12.4. The molecule has 1 aromatic heterocycles. The second-order valence-corrected chi connectivity index (χ2v) is 7.35. The van der Waals surface area contributed by atoms with Crippen molar-refractivity contribution in [2.45, 2.75) is 29.6 Å². The van der Waals surface area contributed by atoms with Crippen molar-refractivity contribution >= 4 is 23.4 Å². The van der Waals surface area contributed by atoms with Gasteiger partial charge in [0.15, 0.2) is 0 Å². The molecular formula is C20H17ClO3S. The smallest absolute Gasteiger partial charge is 0.354 e. The first-order valence-corrected chi connectivity index (χ1v) is 9.05. The van der Waals surface area contributed by atoms with Crippen molar-refractivity contribution in [1.29, 1.82) is 0 Å². The molecule has 0 fully saturated rings. The van der Waals surface area contributed by atoms with Gasteiger partial charge in [0.05, 0.1) is 5.02 Å². The van der Waals surface area contributed by atoms with Crippen LogP contribution >= 0.6 is 23.4 Å². The van der Waals surface area contributed by atoms with Crippen LogP contribution in [0.5, 0.6) is 5.75 Å². The molecule has 1 N–H and O–H groups in total. The normalized spacial score (nSPS) is 11.0. The first kappa shape index (κ1) is 17.6. The van der Waals surface area contributed by atoms with Crippen LogP contribution in [0, 0.1) is 0 Å². The predicted octanol–water partition coefficient (Wildman–Crippen LogP) is 5.94. The molecular weight excluding hydrogens is 356 g/mol. The lowest BCUT2D eigenvalue weighted by molar-refractivity contribution is 0.430. The molecule has 2 aromatic carbocycles. The third-order valence-corrected chi connectivity index (χ3v) is 5.28. The molecule has 1 heterocycles. The van der Waals surface area contributed by atoms with Crippen LogP contribution in [0.1, 0.15) is 25.3 Å². The van der Waals surface area contributed by atoms with Crippen LogP contribution in [0.25, 0.3) is 11.3 Å². The number of halogens is 1. The van der Waals surface area contributed by atoms with Crippen LogP contribution in [0.3, 0.4) is 0 Å². The summed E-state index contributed by atoms with van der Waals surface area (Å²) in [5.41, 5.74) is 1.09. The Morgan fingerprint density at radius 2 is 1.76 bits per heavy atom. The van der Waals surface area contributed by atoms with Crippen LogP contribution < -0.4 is 5.63 Å². The summed E-state index contributed by atoms with van der Waals surface area (Å²) in [5, 5.41) is 10.8. The van der Waals surface area contributed by atoms with Gasteiger partial charge in [0.1, 0.15) is 16.4 Å². The molecule has 0 aliphatic carbocycles. The first-order valence-electron chi connectivity index (χ1n) is 7.86. The number of benzene rings is 2. The third-order valence-electron chi connectivity index (χ3n) is 3.78. The molecule has 0 radical (unpaired) electrons. The monoisotopic (exact) mass is 372 g/mol. The average molecular weight is 373 g/mol. The highest BCUT2D eigenvalue weighted by Gasteiger charge is 2.17. The van der Waals surface area contributed by atoms with Crippen molar-refractivity contribution in [3.8, 4) is 17.1 Å². The van der Waals surface area contributed by atoms with E-state index in [1.54, 1.807) is 24.3 Å². The molecule has 0 saturated heterocycles. The first-order chi connectivity index (χ1) is 12.0. The Kier molecular flexibility index (Phi) is 5.21. The summed E-state index contributed by atoms with van der Waals surface area (Å²) in [4.78, 5) is 13.5. The van der Waals surface area contributed by atoms with Gasteiger partial charge in [0.25, 0.3) is 0 Å². The summed E-state index contributed by atoms with van der Waals surface area (Å²) >= 11 is 7.35. The van der Waals surface area contributed by atoms with Gasteiger partial charge in [0.2, 0.25) is 0 Å². The number of hydrogen-bond acceptors (Lipinski definition) is 4. The van der Waals surface area contributed by atoms with Gasteiger partial charge in [-0.05, 0) is 29.7 Å². The molecule has 0 amide bonds. The minimum atomic E-state index is -0.585. The number of hydrogen-bond donors (Lipinski definition) is 1. The van der Waals surface area contributed by atoms with Crippen molar-refractivity contribution in [3.05, 3.63) is 75.6 Å². The van der Waals surface area contributed by atoms with E-state index < -0.39 is 5.63 Å². The second-order valence-electron chi connectivity index (χ2n) is 5.89. The molecule has 3 rings (SSSR count). The van der Waals surface area contributed by atoms with E-state index in [0.29, 0.717) is 16.5 Å². The Morgan fingerprint density at radius 1 is 1.08 bits per heavy atom. The molecule has 5 heteroatoms. The van der Waals surface area contributed by atoms with Gasteiger partial charge in [0, 0.05) is 16.5 Å². The minimum Gasteiger partial charge on any atom is -0.506 e. The van der Waals surface area contributed by atoms with Crippen LogP contribution in [0.4, 0.5) is 0 Å². The molecule has 0 bridgehead atoms. The Hall–Kier alpha value is -2.17. The van der Waals surface area contributed by atoms with Crippen molar-refractivity contribution in [1.82, 2.24) is 0 Å². The molecule has 0 unspecified atom stereocenters. The van der Waals surface area contributed by atoms with Crippen LogP contribution in [-0.2, 0) is 0 Å². The van der Waals surface area contributed by atoms with E-state index >= 15 is 0 Å². The van der Waals surface area contributed by atoms with Gasteiger partial charge in [-0.3, -0.25) is 0 Å². The quantitative estimate of drug-likeness (QED) is 0.615. The van der Waals surface area contributed by atoms with Crippen molar-refractivity contribution < 1.29 is 9.52 Å². The maximum atomic E-state index is 12.4. The molecule has 0 aliphatic rings. The molecule has 25 heavy (non-hydrogen) atoms. The Bertz CT molecular complexity index is 963. The molecule has 3 aromatic rings. The fourth-order valence-electron chi connectivity index (χ4n) is 2.52. The third kappa shape index (κ3) is 3.75. The van der Waals surface area contributed by atoms with E-state index in [1.165, 1.54) is 17.8 Å². The Labute approximate surface area is 155 Å². The molecule has 0 atom stereocenters. The lowest BCUT2D eigenvalue weighted by Gasteiger charge is -2.12. The van der Waals surface area contributed by atoms with E-state index in [1.807, 2.05) is 24.3 Å². The molecule has 0 saturated carbocycles. The summed E-state index contributed by atoms with van der Waals surface area (Å²) in [6.07, 6.45) is 0. The van der Waals surface area contributed by atoms with Gasteiger partial charge in [-0.25, -0.2) is 4.79 Å². The fraction of sp³-hybridized carbons (Fsp3) is 0.150. The van der Waals surface area contributed by atoms with Gasteiger partial charge in [-0.15, -0.1) is 0 Å². The Morgan fingerprint density at radius 3 is 2.44 bits per heavy atom. The van der Waals surface area contributed by atoms with Gasteiger partial charge >= 0.3 is 5.63 Å². The lowest BCUT2D eigenvalue weighted by atomic mass is 10.0. The standard InChI is InChI=1S/C20H17ClO3S/c1-12(2)13-7-4-6-10-18(13)25-19-16(22)11-17(24-20(19)23)14-8-3-5-9-15(14)21/h3-12,22H,1-2H3. The van der Waals surface area contributed by atoms with Gasteiger partial charge in [-0.2, -0.15) is 0 Å². The average Bonchev–Trinajstić information content (AvgIpc) is 2.58. The van der Waals surface area contributed by atoms with Gasteiger partial charge in [-0.1, -0.05) is 67.5 Å². The highest BCUT2D eigenvalue weighted by Crippen LogP contribution is 2.38. The largest absolute Gasteiger partial charge is 0.506 e. The number of rotatable bonds is 4. The van der Waals surface area contributed by atoms with Gasteiger partial charge < -0.3 is 9.52 Å². The molecule has 0 spiro atoms. The summed E-state index contributed by atoms with van der Waals surface area (Å²) < 4.78 is 5.41. The molecule has 128 valence electrons. The summed E-state index contributed by atoms with van der Waals surface area (Å²) in [6, 6.07) is 16.3. The summed E-state index contributed by atoms with van der Waals surface area (Å²) in [6.45, 7) is 4.17. The lowest BCUT2D eigenvalue weighted by Crippen LogP contribution is -2.03. The summed E-state index contributed by atoms with van der Waals surface area (Å²) in [7, 11) is 0.